The third-order valence-corrected chi connectivity index (χ3v) is 9.22. The van der Waals surface area contributed by atoms with E-state index in [-0.39, 0.29) is 0 Å². The van der Waals surface area contributed by atoms with E-state index in [2.05, 4.69) is 4.90 Å². The molecule has 2 aliphatic carbocycles. The van der Waals surface area contributed by atoms with Crippen LogP contribution in [0.3, 0.4) is 0 Å². The predicted molar refractivity (Wildman–Crippen MR) is 111 cm³/mol. The van der Waals surface area contributed by atoms with Gasteiger partial charge in [0.05, 0.1) is 24.2 Å². The van der Waals surface area contributed by atoms with E-state index >= 15 is 0 Å². The van der Waals surface area contributed by atoms with Crippen LogP contribution in [0.15, 0.2) is 29.2 Å². The first-order valence-corrected chi connectivity index (χ1v) is 12.6. The van der Waals surface area contributed by atoms with Gasteiger partial charge in [-0.3, -0.25) is 4.90 Å². The SMILES string of the molecule is O=S(=O)(c1ccc(OC2CC2)cc1)N1CCC2(CCC(N3CCOCC3)C2)CC1. The number of ether oxygens (including phenoxy) is 2. The van der Waals surface area contributed by atoms with Gasteiger partial charge in [0, 0.05) is 32.2 Å². The van der Waals surface area contributed by atoms with Crippen LogP contribution in [0.1, 0.15) is 44.9 Å². The third kappa shape index (κ3) is 4.20. The van der Waals surface area contributed by atoms with Crippen molar-refractivity contribution in [1.29, 1.82) is 0 Å². The van der Waals surface area contributed by atoms with Gasteiger partial charge in [-0.1, -0.05) is 0 Å². The molecule has 1 atom stereocenters. The Morgan fingerprint density at radius 2 is 1.62 bits per heavy atom. The second-order valence-corrected chi connectivity index (χ2v) is 11.2. The smallest absolute Gasteiger partial charge is 0.243 e. The van der Waals surface area contributed by atoms with Crippen LogP contribution in [0.2, 0.25) is 0 Å². The van der Waals surface area contributed by atoms with E-state index in [1.54, 1.807) is 28.6 Å². The maximum absolute atomic E-state index is 13.1. The topological polar surface area (TPSA) is 59.1 Å². The number of hydrogen-bond donors (Lipinski definition) is 0. The lowest BCUT2D eigenvalue weighted by Crippen LogP contribution is -2.45. The van der Waals surface area contributed by atoms with E-state index in [1.165, 1.54) is 19.3 Å². The molecule has 4 aliphatic rings. The molecule has 4 fully saturated rings. The molecule has 0 aromatic heterocycles. The van der Waals surface area contributed by atoms with Crippen molar-refractivity contribution in [3.8, 4) is 5.75 Å². The number of nitrogens with zero attached hydrogens (tertiary/aromatic N) is 2. The molecular weight excluding hydrogens is 388 g/mol. The molecule has 2 aliphatic heterocycles. The van der Waals surface area contributed by atoms with Crippen LogP contribution in [-0.4, -0.2) is 69.2 Å². The van der Waals surface area contributed by atoms with E-state index in [0.717, 1.165) is 57.7 Å². The highest BCUT2D eigenvalue weighted by molar-refractivity contribution is 7.89. The summed E-state index contributed by atoms with van der Waals surface area (Å²) < 4.78 is 39.2. The molecule has 0 N–H and O–H groups in total. The molecule has 7 heteroatoms. The Bertz CT molecular complexity index is 808. The maximum Gasteiger partial charge on any atom is 0.243 e. The molecular formula is C22H32N2O4S. The van der Waals surface area contributed by atoms with Gasteiger partial charge in [0.1, 0.15) is 5.75 Å². The van der Waals surface area contributed by atoms with Gasteiger partial charge in [0.25, 0.3) is 0 Å². The monoisotopic (exact) mass is 420 g/mol. The first-order valence-electron chi connectivity index (χ1n) is 11.1. The molecule has 2 saturated carbocycles. The van der Waals surface area contributed by atoms with E-state index in [4.69, 9.17) is 9.47 Å². The fourth-order valence-corrected chi connectivity index (χ4v) is 6.75. The van der Waals surface area contributed by atoms with E-state index < -0.39 is 10.0 Å². The first kappa shape index (κ1) is 19.8. The van der Waals surface area contributed by atoms with Crippen LogP contribution in [0, 0.1) is 5.41 Å². The van der Waals surface area contributed by atoms with Crippen LogP contribution in [0.25, 0.3) is 0 Å². The largest absolute Gasteiger partial charge is 0.490 e. The van der Waals surface area contributed by atoms with Gasteiger partial charge in [0.15, 0.2) is 0 Å². The second-order valence-electron chi connectivity index (χ2n) is 9.24. The summed E-state index contributed by atoms with van der Waals surface area (Å²) in [6, 6.07) is 7.63. The summed E-state index contributed by atoms with van der Waals surface area (Å²) in [5, 5.41) is 0. The molecule has 1 unspecified atom stereocenters. The minimum absolute atomic E-state index is 0.323. The van der Waals surface area contributed by atoms with E-state index in [9.17, 15) is 8.42 Å². The van der Waals surface area contributed by atoms with Gasteiger partial charge in [-0.2, -0.15) is 4.31 Å². The van der Waals surface area contributed by atoms with Gasteiger partial charge in [-0.05, 0) is 74.6 Å². The standard InChI is InChI=1S/C22H32N2O4S/c25-29(26,21-5-3-20(4-6-21)28-19-1-2-19)24-11-9-22(10-12-24)8-7-18(17-22)23-13-15-27-16-14-23/h3-6,18-19H,1-2,7-17H2. The van der Waals surface area contributed by atoms with E-state index in [0.29, 0.717) is 35.5 Å². The molecule has 1 aromatic carbocycles. The zero-order valence-corrected chi connectivity index (χ0v) is 17.9. The highest BCUT2D eigenvalue weighted by Gasteiger charge is 2.45. The molecule has 0 bridgehead atoms. The number of sulfonamides is 1. The summed E-state index contributed by atoms with van der Waals surface area (Å²) in [6.07, 6.45) is 8.18. The van der Waals surface area contributed by atoms with Gasteiger partial charge in [-0.15, -0.1) is 0 Å². The number of hydrogen-bond acceptors (Lipinski definition) is 5. The summed E-state index contributed by atoms with van der Waals surface area (Å²) in [7, 11) is -3.42. The van der Waals surface area contributed by atoms with Crippen LogP contribution in [0.5, 0.6) is 5.75 Å². The van der Waals surface area contributed by atoms with Crippen molar-refractivity contribution in [1.82, 2.24) is 9.21 Å². The Hall–Kier alpha value is -1.15. The van der Waals surface area contributed by atoms with Gasteiger partial charge in [-0.25, -0.2) is 8.42 Å². The number of rotatable bonds is 5. The van der Waals surface area contributed by atoms with Gasteiger partial charge in [0.2, 0.25) is 10.0 Å². The molecule has 2 heterocycles. The predicted octanol–water partition coefficient (Wildman–Crippen LogP) is 2.88. The summed E-state index contributed by atoms with van der Waals surface area (Å²) in [5.41, 5.74) is 0.330. The van der Waals surface area contributed by atoms with Crippen LogP contribution >= 0.6 is 0 Å². The van der Waals surface area contributed by atoms with E-state index in [1.807, 2.05) is 0 Å². The van der Waals surface area contributed by atoms with Crippen molar-refractivity contribution in [3.05, 3.63) is 24.3 Å². The maximum atomic E-state index is 13.1. The molecule has 160 valence electrons. The molecule has 5 rings (SSSR count). The molecule has 1 aromatic rings. The summed E-state index contributed by atoms with van der Waals surface area (Å²) in [5.74, 6) is 0.768. The zero-order chi connectivity index (χ0) is 19.9. The molecule has 2 saturated heterocycles. The lowest BCUT2D eigenvalue weighted by molar-refractivity contribution is 0.0137. The van der Waals surface area contributed by atoms with Crippen molar-refractivity contribution in [2.75, 3.05) is 39.4 Å². The van der Waals surface area contributed by atoms with Crippen LogP contribution in [0.4, 0.5) is 0 Å². The van der Waals surface area contributed by atoms with Crippen molar-refractivity contribution in [2.45, 2.75) is 62.0 Å². The Balaban J connectivity index is 1.19. The normalized spacial score (nSPS) is 28.6. The molecule has 0 radical (unpaired) electrons. The minimum atomic E-state index is -3.42. The van der Waals surface area contributed by atoms with Crippen LogP contribution < -0.4 is 4.74 Å². The Morgan fingerprint density at radius 1 is 0.931 bits per heavy atom. The fourth-order valence-electron chi connectivity index (χ4n) is 5.30. The van der Waals surface area contributed by atoms with Crippen molar-refractivity contribution < 1.29 is 17.9 Å². The average molecular weight is 421 g/mol. The number of morpholine rings is 1. The summed E-state index contributed by atoms with van der Waals surface area (Å²) in [4.78, 5) is 2.97. The zero-order valence-electron chi connectivity index (χ0n) is 17.1. The highest BCUT2D eigenvalue weighted by atomic mass is 32.2. The minimum Gasteiger partial charge on any atom is -0.490 e. The average Bonchev–Trinajstić information content (AvgIpc) is 3.48. The quantitative estimate of drug-likeness (QED) is 0.733. The summed E-state index contributed by atoms with van der Waals surface area (Å²) >= 11 is 0. The molecule has 6 nitrogen and oxygen atoms in total. The van der Waals surface area contributed by atoms with Crippen molar-refractivity contribution in [2.24, 2.45) is 5.41 Å². The van der Waals surface area contributed by atoms with Gasteiger partial charge >= 0.3 is 0 Å². The first-order chi connectivity index (χ1) is 14.0. The summed E-state index contributed by atoms with van der Waals surface area (Å²) in [6.45, 7) is 5.06. The second kappa shape index (κ2) is 7.84. The Labute approximate surface area is 174 Å². The Kier molecular flexibility index (Phi) is 5.35. The number of benzene rings is 1. The van der Waals surface area contributed by atoms with Crippen molar-refractivity contribution >= 4 is 10.0 Å². The molecule has 0 amide bonds. The molecule has 29 heavy (non-hydrogen) atoms. The highest BCUT2D eigenvalue weighted by Crippen LogP contribution is 2.48. The Morgan fingerprint density at radius 3 is 2.28 bits per heavy atom. The lowest BCUT2D eigenvalue weighted by Gasteiger charge is -2.40. The number of piperidine rings is 1. The molecule has 1 spiro atoms. The fraction of sp³-hybridized carbons (Fsp3) is 0.727. The lowest BCUT2D eigenvalue weighted by atomic mass is 9.77. The van der Waals surface area contributed by atoms with Gasteiger partial charge < -0.3 is 9.47 Å². The van der Waals surface area contributed by atoms with Crippen LogP contribution in [-0.2, 0) is 14.8 Å². The van der Waals surface area contributed by atoms with Crippen molar-refractivity contribution in [3.63, 3.8) is 0 Å². The third-order valence-electron chi connectivity index (χ3n) is 7.31.